The SMILES string of the molecule is O=c1[nH]c2cc([N+](=O)[O-])ccc2n(-c2ccccc2P(=O)(O)O)c1=O. The van der Waals surface area contributed by atoms with Gasteiger partial charge in [-0.3, -0.25) is 28.8 Å². The molecule has 0 aliphatic heterocycles. The van der Waals surface area contributed by atoms with E-state index < -0.39 is 28.9 Å². The lowest BCUT2D eigenvalue weighted by Crippen LogP contribution is -2.37. The molecule has 2 aromatic carbocycles. The van der Waals surface area contributed by atoms with Gasteiger partial charge >= 0.3 is 18.7 Å². The molecule has 0 saturated carbocycles. The monoisotopic (exact) mass is 363 g/mol. The second-order valence-corrected chi connectivity index (χ2v) is 6.66. The molecule has 11 heteroatoms. The van der Waals surface area contributed by atoms with Crippen molar-refractivity contribution in [3.05, 3.63) is 73.3 Å². The number of hydrogen-bond donors (Lipinski definition) is 3. The third kappa shape index (κ3) is 2.89. The number of nitro groups is 1. The summed E-state index contributed by atoms with van der Waals surface area (Å²) in [7, 11) is -4.74. The Bertz CT molecular complexity index is 1170. The topological polar surface area (TPSA) is 156 Å². The predicted octanol–water partition coefficient (Wildman–Crippen LogP) is 0.390. The molecule has 3 rings (SSSR count). The molecule has 0 spiro atoms. The Morgan fingerprint density at radius 2 is 1.80 bits per heavy atom. The first-order chi connectivity index (χ1) is 11.7. The van der Waals surface area contributed by atoms with Crippen molar-refractivity contribution in [2.45, 2.75) is 0 Å². The molecule has 0 atom stereocenters. The zero-order valence-corrected chi connectivity index (χ0v) is 13.2. The van der Waals surface area contributed by atoms with Crippen LogP contribution < -0.4 is 16.4 Å². The molecule has 128 valence electrons. The highest BCUT2D eigenvalue weighted by molar-refractivity contribution is 7.60. The summed E-state index contributed by atoms with van der Waals surface area (Å²) < 4.78 is 12.5. The highest BCUT2D eigenvalue weighted by atomic mass is 31.2. The zero-order chi connectivity index (χ0) is 18.4. The molecule has 1 aromatic heterocycles. The molecule has 0 aliphatic rings. The summed E-state index contributed by atoms with van der Waals surface area (Å²) in [6, 6.07) is 8.64. The average Bonchev–Trinajstić information content (AvgIpc) is 2.55. The third-order valence-corrected chi connectivity index (χ3v) is 4.52. The number of fused-ring (bicyclic) bond motifs is 1. The normalized spacial score (nSPS) is 11.6. The van der Waals surface area contributed by atoms with Gasteiger partial charge in [0, 0.05) is 12.1 Å². The Morgan fingerprint density at radius 1 is 1.12 bits per heavy atom. The first kappa shape index (κ1) is 16.8. The fourth-order valence-electron chi connectivity index (χ4n) is 2.46. The van der Waals surface area contributed by atoms with Gasteiger partial charge in [0.25, 0.3) is 5.69 Å². The minimum atomic E-state index is -4.74. The Hall–Kier alpha value is -3.07. The third-order valence-electron chi connectivity index (χ3n) is 3.51. The van der Waals surface area contributed by atoms with Crippen LogP contribution in [0.4, 0.5) is 5.69 Å². The van der Waals surface area contributed by atoms with Gasteiger partial charge in [-0.15, -0.1) is 0 Å². The van der Waals surface area contributed by atoms with E-state index in [4.69, 9.17) is 0 Å². The lowest BCUT2D eigenvalue weighted by molar-refractivity contribution is -0.384. The molecule has 0 fully saturated rings. The minimum absolute atomic E-state index is 0.0145. The Morgan fingerprint density at radius 3 is 2.44 bits per heavy atom. The molecule has 10 nitrogen and oxygen atoms in total. The number of rotatable bonds is 3. The van der Waals surface area contributed by atoms with Crippen LogP contribution in [0.5, 0.6) is 0 Å². The van der Waals surface area contributed by atoms with Crippen LogP contribution in [0.1, 0.15) is 0 Å². The van der Waals surface area contributed by atoms with Gasteiger partial charge < -0.3 is 14.8 Å². The van der Waals surface area contributed by atoms with Crippen molar-refractivity contribution in [2.24, 2.45) is 0 Å². The standard InChI is InChI=1S/C14H10N3O7P/c18-13-14(19)16(11-3-1-2-4-12(11)25(22,23)24)10-6-5-8(17(20)21)7-9(10)15-13/h1-7H,(H,15,18)(H2,22,23,24). The van der Waals surface area contributed by atoms with Crippen LogP contribution in [0, 0.1) is 10.1 Å². The fraction of sp³-hybridized carbons (Fsp3) is 0. The van der Waals surface area contributed by atoms with Crippen molar-refractivity contribution in [1.82, 2.24) is 9.55 Å². The van der Waals surface area contributed by atoms with E-state index in [1.54, 1.807) is 0 Å². The molecule has 0 aliphatic carbocycles. The van der Waals surface area contributed by atoms with Crippen molar-refractivity contribution in [3.8, 4) is 5.69 Å². The van der Waals surface area contributed by atoms with Crippen LogP contribution >= 0.6 is 7.60 Å². The van der Waals surface area contributed by atoms with Crippen LogP contribution in [0.3, 0.4) is 0 Å². The predicted molar refractivity (Wildman–Crippen MR) is 88.5 cm³/mol. The summed E-state index contributed by atoms with van der Waals surface area (Å²) in [6.45, 7) is 0. The number of nitrogens with zero attached hydrogens (tertiary/aromatic N) is 2. The average molecular weight is 363 g/mol. The second kappa shape index (κ2) is 5.78. The van der Waals surface area contributed by atoms with Crippen molar-refractivity contribution in [3.63, 3.8) is 0 Å². The summed E-state index contributed by atoms with van der Waals surface area (Å²) in [5, 5.41) is 10.4. The Kier molecular flexibility index (Phi) is 3.88. The highest BCUT2D eigenvalue weighted by Crippen LogP contribution is 2.35. The summed E-state index contributed by atoms with van der Waals surface area (Å²) in [4.78, 5) is 55.7. The summed E-state index contributed by atoms with van der Waals surface area (Å²) >= 11 is 0. The molecule has 0 saturated heterocycles. The minimum Gasteiger partial charge on any atom is -0.321 e. The zero-order valence-electron chi connectivity index (χ0n) is 12.3. The number of aromatic amines is 1. The summed E-state index contributed by atoms with van der Waals surface area (Å²) in [5.74, 6) is 0. The lowest BCUT2D eigenvalue weighted by atomic mass is 10.2. The first-order valence-electron chi connectivity index (χ1n) is 6.79. The van der Waals surface area contributed by atoms with Crippen LogP contribution in [0.2, 0.25) is 0 Å². The van der Waals surface area contributed by atoms with Gasteiger partial charge in [-0.2, -0.15) is 0 Å². The van der Waals surface area contributed by atoms with Gasteiger partial charge in [-0.05, 0) is 18.2 Å². The number of hydrogen-bond acceptors (Lipinski definition) is 5. The van der Waals surface area contributed by atoms with Gasteiger partial charge in [0.05, 0.1) is 26.9 Å². The highest BCUT2D eigenvalue weighted by Gasteiger charge is 2.24. The van der Waals surface area contributed by atoms with Crippen LogP contribution in [0.25, 0.3) is 16.7 Å². The Labute approximate surface area is 138 Å². The van der Waals surface area contributed by atoms with Crippen molar-refractivity contribution < 1.29 is 19.3 Å². The maximum atomic E-state index is 12.3. The molecular weight excluding hydrogens is 353 g/mol. The second-order valence-electron chi connectivity index (χ2n) is 5.09. The van der Waals surface area contributed by atoms with E-state index in [0.717, 1.165) is 22.8 Å². The maximum Gasteiger partial charge on any atom is 0.358 e. The van der Waals surface area contributed by atoms with E-state index >= 15 is 0 Å². The fourth-order valence-corrected chi connectivity index (χ4v) is 3.21. The van der Waals surface area contributed by atoms with Crippen LogP contribution in [0.15, 0.2) is 52.1 Å². The van der Waals surface area contributed by atoms with E-state index in [0.29, 0.717) is 0 Å². The number of para-hydroxylation sites is 1. The summed E-state index contributed by atoms with van der Waals surface area (Å²) in [6.07, 6.45) is 0. The quantitative estimate of drug-likeness (QED) is 0.263. The number of H-pyrrole nitrogens is 1. The van der Waals surface area contributed by atoms with Gasteiger partial charge in [0.15, 0.2) is 0 Å². The van der Waals surface area contributed by atoms with E-state index in [1.165, 1.54) is 24.3 Å². The number of nitrogens with one attached hydrogen (secondary N) is 1. The van der Waals surface area contributed by atoms with E-state index in [9.17, 15) is 34.1 Å². The van der Waals surface area contributed by atoms with Crippen molar-refractivity contribution in [2.75, 3.05) is 0 Å². The number of nitro benzene ring substituents is 1. The molecule has 0 unspecified atom stereocenters. The van der Waals surface area contributed by atoms with Crippen molar-refractivity contribution >= 4 is 29.6 Å². The molecule has 0 radical (unpaired) electrons. The largest absolute Gasteiger partial charge is 0.358 e. The van der Waals surface area contributed by atoms with Crippen molar-refractivity contribution in [1.29, 1.82) is 0 Å². The number of aromatic nitrogens is 2. The molecule has 3 N–H and O–H groups in total. The molecular formula is C14H10N3O7P. The lowest BCUT2D eigenvalue weighted by Gasteiger charge is -2.14. The van der Waals surface area contributed by atoms with E-state index in [2.05, 4.69) is 4.98 Å². The summed E-state index contributed by atoms with van der Waals surface area (Å²) in [5.41, 5.74) is -2.58. The maximum absolute atomic E-state index is 12.3. The van der Waals surface area contributed by atoms with Gasteiger partial charge in [0.2, 0.25) is 0 Å². The van der Waals surface area contributed by atoms with Gasteiger partial charge in [-0.25, -0.2) is 0 Å². The van der Waals surface area contributed by atoms with Gasteiger partial charge in [0.1, 0.15) is 0 Å². The molecule has 0 bridgehead atoms. The molecule has 25 heavy (non-hydrogen) atoms. The van der Waals surface area contributed by atoms with Crippen LogP contribution in [-0.4, -0.2) is 24.3 Å². The van der Waals surface area contributed by atoms with E-state index in [-0.39, 0.29) is 22.4 Å². The number of benzene rings is 2. The molecule has 3 aromatic rings. The molecule has 0 amide bonds. The van der Waals surface area contributed by atoms with E-state index in [1.807, 2.05) is 0 Å². The Balaban J connectivity index is 2.48. The molecule has 1 heterocycles. The van der Waals surface area contributed by atoms with Crippen LogP contribution in [-0.2, 0) is 4.57 Å². The number of non-ortho nitro benzene ring substituents is 1. The first-order valence-corrected chi connectivity index (χ1v) is 8.40. The van der Waals surface area contributed by atoms with Gasteiger partial charge in [-0.1, -0.05) is 12.1 Å². The smallest absolute Gasteiger partial charge is 0.321 e.